The first kappa shape index (κ1) is 17.2. The first-order valence-corrected chi connectivity index (χ1v) is 8.67. The highest BCUT2D eigenvalue weighted by Crippen LogP contribution is 2.37. The Bertz CT molecular complexity index is 703. The fraction of sp³-hybridized carbons (Fsp3) is 0.400. The van der Waals surface area contributed by atoms with E-state index in [-0.39, 0.29) is 5.82 Å². The number of aryl methyl sites for hydroxylation is 2. The summed E-state index contributed by atoms with van der Waals surface area (Å²) in [7, 11) is 0. The summed E-state index contributed by atoms with van der Waals surface area (Å²) in [5.74, 6) is -0.00555. The Morgan fingerprint density at radius 1 is 1.12 bits per heavy atom. The zero-order valence-electron chi connectivity index (χ0n) is 14.1. The minimum absolute atomic E-state index is 0.319. The predicted octanol–water partition coefficient (Wildman–Crippen LogP) is 5.57. The minimum Gasteiger partial charge on any atom is -0.489 e. The van der Waals surface area contributed by atoms with Crippen molar-refractivity contribution in [1.82, 2.24) is 0 Å². The molecule has 4 heteroatoms. The molecule has 2 nitrogen and oxygen atoms in total. The molecule has 1 aliphatic rings. The highest BCUT2D eigenvalue weighted by molar-refractivity contribution is 6.32. The van der Waals surface area contributed by atoms with Crippen molar-refractivity contribution in [2.45, 2.75) is 38.7 Å². The Morgan fingerprint density at radius 3 is 2.54 bits per heavy atom. The van der Waals surface area contributed by atoms with Crippen LogP contribution in [0, 0.1) is 19.7 Å². The van der Waals surface area contributed by atoms with Gasteiger partial charge in [-0.1, -0.05) is 40.9 Å². The van der Waals surface area contributed by atoms with Crippen molar-refractivity contribution in [3.8, 4) is 5.75 Å². The first-order chi connectivity index (χ1) is 11.5. The maximum atomic E-state index is 13.5. The maximum Gasteiger partial charge on any atom is 0.140 e. The van der Waals surface area contributed by atoms with Gasteiger partial charge >= 0.3 is 0 Å². The number of hydrogen-bond acceptors (Lipinski definition) is 2. The number of rotatable bonds is 4. The van der Waals surface area contributed by atoms with E-state index in [4.69, 9.17) is 21.1 Å². The average molecular weight is 349 g/mol. The van der Waals surface area contributed by atoms with Gasteiger partial charge in [0, 0.05) is 12.7 Å². The molecule has 0 amide bonds. The molecule has 0 bridgehead atoms. The number of hydrogen-bond donors (Lipinski definition) is 0. The van der Waals surface area contributed by atoms with E-state index in [1.54, 1.807) is 0 Å². The van der Waals surface area contributed by atoms with Gasteiger partial charge in [-0.15, -0.1) is 0 Å². The highest BCUT2D eigenvalue weighted by atomic mass is 35.5. The molecule has 1 atom stereocenters. The zero-order valence-corrected chi connectivity index (χ0v) is 14.8. The lowest BCUT2D eigenvalue weighted by Gasteiger charge is -2.38. The van der Waals surface area contributed by atoms with Crippen LogP contribution in [-0.4, -0.2) is 13.2 Å². The highest BCUT2D eigenvalue weighted by Gasteiger charge is 2.36. The molecule has 128 valence electrons. The van der Waals surface area contributed by atoms with Crippen LogP contribution < -0.4 is 4.74 Å². The number of ether oxygens (including phenoxy) is 2. The molecule has 0 aromatic heterocycles. The summed E-state index contributed by atoms with van der Waals surface area (Å²) < 4.78 is 25.6. The normalized spacial score (nSPS) is 20.8. The molecule has 0 aliphatic carbocycles. The maximum absolute atomic E-state index is 13.5. The molecular weight excluding hydrogens is 327 g/mol. The van der Waals surface area contributed by atoms with E-state index in [0.29, 0.717) is 24.0 Å². The Morgan fingerprint density at radius 2 is 1.88 bits per heavy atom. The van der Waals surface area contributed by atoms with Gasteiger partial charge in [0.05, 0.1) is 5.02 Å². The third kappa shape index (κ3) is 3.73. The molecule has 2 aromatic carbocycles. The molecule has 3 rings (SSSR count). The van der Waals surface area contributed by atoms with Crippen LogP contribution in [0.2, 0.25) is 5.02 Å². The van der Waals surface area contributed by atoms with E-state index in [1.807, 2.05) is 0 Å². The second kappa shape index (κ2) is 7.12. The Labute approximate surface area is 147 Å². The summed E-state index contributed by atoms with van der Waals surface area (Å²) in [4.78, 5) is 0. The summed E-state index contributed by atoms with van der Waals surface area (Å²) in [6.07, 6.45) is 3.00. The molecule has 1 aliphatic heterocycles. The van der Waals surface area contributed by atoms with Crippen LogP contribution >= 0.6 is 11.6 Å². The van der Waals surface area contributed by atoms with Crippen LogP contribution in [0.4, 0.5) is 4.39 Å². The van der Waals surface area contributed by atoms with Crippen molar-refractivity contribution in [3.63, 3.8) is 0 Å². The lowest BCUT2D eigenvalue weighted by Crippen LogP contribution is -2.39. The van der Waals surface area contributed by atoms with Gasteiger partial charge in [-0.3, -0.25) is 0 Å². The van der Waals surface area contributed by atoms with Crippen LogP contribution in [0.5, 0.6) is 5.75 Å². The fourth-order valence-electron chi connectivity index (χ4n) is 3.30. The molecule has 24 heavy (non-hydrogen) atoms. The number of benzene rings is 2. The van der Waals surface area contributed by atoms with Crippen LogP contribution in [-0.2, 0) is 10.3 Å². The molecular formula is C20H22ClFO2. The summed E-state index contributed by atoms with van der Waals surface area (Å²) in [5.41, 5.74) is 3.00. The smallest absolute Gasteiger partial charge is 0.140 e. The van der Waals surface area contributed by atoms with Crippen LogP contribution in [0.3, 0.4) is 0 Å². The van der Waals surface area contributed by atoms with E-state index in [2.05, 4.69) is 32.0 Å². The molecule has 0 saturated carbocycles. The molecule has 1 fully saturated rings. The summed E-state index contributed by atoms with van der Waals surface area (Å²) in [6, 6.07) is 10.6. The predicted molar refractivity (Wildman–Crippen MR) is 94.3 cm³/mol. The standard InChI is InChI=1S/C20H22ClFO2/c1-14-9-15(2)11-16(10-14)20(7-3-4-8-24-20)13-23-19-12-17(22)5-6-18(19)21/h5-6,9-12H,3-4,7-8,13H2,1-2H3. The van der Waals surface area contributed by atoms with Crippen LogP contribution in [0.1, 0.15) is 36.0 Å². The summed E-state index contributed by atoms with van der Waals surface area (Å²) >= 11 is 6.12. The Hall–Kier alpha value is -1.58. The van der Waals surface area contributed by atoms with Gasteiger partial charge in [0.2, 0.25) is 0 Å². The van der Waals surface area contributed by atoms with Crippen LogP contribution in [0.25, 0.3) is 0 Å². The Kier molecular flexibility index (Phi) is 5.12. The van der Waals surface area contributed by atoms with Gasteiger partial charge in [-0.05, 0) is 50.8 Å². The lowest BCUT2D eigenvalue weighted by molar-refractivity contribution is -0.108. The second-order valence-electron chi connectivity index (χ2n) is 6.54. The molecule has 0 radical (unpaired) electrons. The molecule has 0 N–H and O–H groups in total. The van der Waals surface area contributed by atoms with E-state index < -0.39 is 5.60 Å². The third-order valence-corrected chi connectivity index (χ3v) is 4.77. The van der Waals surface area contributed by atoms with Gasteiger partial charge in [-0.25, -0.2) is 4.39 Å². The van der Waals surface area contributed by atoms with Crippen molar-refractivity contribution in [3.05, 3.63) is 63.9 Å². The third-order valence-electron chi connectivity index (χ3n) is 4.46. The largest absolute Gasteiger partial charge is 0.489 e. The van der Waals surface area contributed by atoms with E-state index in [1.165, 1.54) is 29.3 Å². The van der Waals surface area contributed by atoms with Crippen LogP contribution in [0.15, 0.2) is 36.4 Å². The van der Waals surface area contributed by atoms with E-state index in [0.717, 1.165) is 24.8 Å². The van der Waals surface area contributed by atoms with Crippen molar-refractivity contribution >= 4 is 11.6 Å². The second-order valence-corrected chi connectivity index (χ2v) is 6.95. The quantitative estimate of drug-likeness (QED) is 0.719. The van der Waals surface area contributed by atoms with Crippen molar-refractivity contribution in [2.75, 3.05) is 13.2 Å². The first-order valence-electron chi connectivity index (χ1n) is 8.29. The molecule has 2 aromatic rings. The van der Waals surface area contributed by atoms with Crippen molar-refractivity contribution in [2.24, 2.45) is 0 Å². The topological polar surface area (TPSA) is 18.5 Å². The van der Waals surface area contributed by atoms with Gasteiger partial charge in [0.25, 0.3) is 0 Å². The molecule has 1 heterocycles. The van der Waals surface area contributed by atoms with Gasteiger partial charge in [-0.2, -0.15) is 0 Å². The average Bonchev–Trinajstić information content (AvgIpc) is 2.56. The lowest BCUT2D eigenvalue weighted by atomic mass is 9.85. The Balaban J connectivity index is 1.90. The SMILES string of the molecule is Cc1cc(C)cc(C2(COc3cc(F)ccc3Cl)CCCCO2)c1. The summed E-state index contributed by atoms with van der Waals surface area (Å²) in [5, 5.41) is 0.405. The van der Waals surface area contributed by atoms with E-state index >= 15 is 0 Å². The van der Waals surface area contributed by atoms with Crippen molar-refractivity contribution < 1.29 is 13.9 Å². The summed E-state index contributed by atoms with van der Waals surface area (Å²) in [6.45, 7) is 5.18. The fourth-order valence-corrected chi connectivity index (χ4v) is 3.47. The van der Waals surface area contributed by atoms with Gasteiger partial charge in [0.15, 0.2) is 0 Å². The van der Waals surface area contributed by atoms with E-state index in [9.17, 15) is 4.39 Å². The monoisotopic (exact) mass is 348 g/mol. The van der Waals surface area contributed by atoms with Crippen molar-refractivity contribution in [1.29, 1.82) is 0 Å². The number of halogens is 2. The molecule has 0 spiro atoms. The zero-order chi connectivity index (χ0) is 17.2. The minimum atomic E-state index is -0.509. The molecule has 1 saturated heterocycles. The molecule has 1 unspecified atom stereocenters. The van der Waals surface area contributed by atoms with Gasteiger partial charge in [0.1, 0.15) is 23.8 Å². The van der Waals surface area contributed by atoms with Gasteiger partial charge < -0.3 is 9.47 Å².